The first kappa shape index (κ1) is 10.3. The highest BCUT2D eigenvalue weighted by Gasteiger charge is 2.25. The van der Waals surface area contributed by atoms with Crippen LogP contribution in [0, 0.1) is 0 Å². The highest BCUT2D eigenvalue weighted by Crippen LogP contribution is 2.14. The molecular weight excluding hydrogens is 179 g/mol. The highest BCUT2D eigenvalue weighted by atomic mass is 32.2. The Morgan fingerprint density at radius 2 is 2.50 bits per heavy atom. The van der Waals surface area contributed by atoms with Crippen molar-refractivity contribution >= 4 is 11.8 Å². The molecule has 0 aliphatic carbocycles. The van der Waals surface area contributed by atoms with Crippen LogP contribution in [0.15, 0.2) is 0 Å². The van der Waals surface area contributed by atoms with Gasteiger partial charge in [-0.1, -0.05) is 0 Å². The smallest absolute Gasteiger partial charge is 0.149 e. The summed E-state index contributed by atoms with van der Waals surface area (Å²) in [6, 6.07) is 0. The Morgan fingerprint density at radius 3 is 3.17 bits per heavy atom. The zero-order chi connectivity index (χ0) is 8.81. The monoisotopic (exact) mass is 194 g/mol. The van der Waals surface area contributed by atoms with Crippen molar-refractivity contribution in [3.63, 3.8) is 0 Å². The topological polar surface area (TPSA) is 18.5 Å². The molecule has 0 N–H and O–H groups in total. The molecule has 0 saturated carbocycles. The molecule has 0 bridgehead atoms. The summed E-state index contributed by atoms with van der Waals surface area (Å²) in [5, 5.41) is 0. The van der Waals surface area contributed by atoms with Crippen LogP contribution in [0.25, 0.3) is 0 Å². The fraction of sp³-hybridized carbons (Fsp3) is 1.00. The van der Waals surface area contributed by atoms with Gasteiger partial charge in [0.1, 0.15) is 6.17 Å². The van der Waals surface area contributed by atoms with Crippen molar-refractivity contribution < 1.29 is 13.9 Å². The lowest BCUT2D eigenvalue weighted by Gasteiger charge is -2.25. The van der Waals surface area contributed by atoms with Crippen molar-refractivity contribution in [2.45, 2.75) is 18.7 Å². The van der Waals surface area contributed by atoms with Crippen LogP contribution >= 0.6 is 11.8 Å². The lowest BCUT2D eigenvalue weighted by molar-refractivity contribution is -0.0803. The van der Waals surface area contributed by atoms with E-state index in [4.69, 9.17) is 9.47 Å². The van der Waals surface area contributed by atoms with E-state index in [0.717, 1.165) is 5.75 Å². The molecule has 1 fully saturated rings. The molecule has 2 atom stereocenters. The Morgan fingerprint density at radius 1 is 1.67 bits per heavy atom. The van der Waals surface area contributed by atoms with Gasteiger partial charge in [0.2, 0.25) is 0 Å². The van der Waals surface area contributed by atoms with Crippen molar-refractivity contribution in [3.8, 4) is 0 Å². The standard InChI is InChI=1S/C8H15FO2S/c1-12-5-4-11-8-2-3-10-6-7(8)9/h7-8H,2-6H2,1H3. The first-order valence-corrected chi connectivity index (χ1v) is 5.56. The fourth-order valence-corrected chi connectivity index (χ4v) is 1.42. The van der Waals surface area contributed by atoms with Gasteiger partial charge in [-0.3, -0.25) is 0 Å². The molecule has 1 heterocycles. The van der Waals surface area contributed by atoms with Gasteiger partial charge in [0.05, 0.1) is 19.3 Å². The van der Waals surface area contributed by atoms with Crippen LogP contribution in [0.2, 0.25) is 0 Å². The van der Waals surface area contributed by atoms with Crippen molar-refractivity contribution in [2.75, 3.05) is 31.8 Å². The van der Waals surface area contributed by atoms with Crippen molar-refractivity contribution in [1.82, 2.24) is 0 Å². The summed E-state index contributed by atoms with van der Waals surface area (Å²) in [5.74, 6) is 0.935. The average Bonchev–Trinajstić information content (AvgIpc) is 2.09. The maximum absolute atomic E-state index is 13.0. The molecule has 0 radical (unpaired) electrons. The SMILES string of the molecule is CSCCOC1CCOCC1F. The van der Waals surface area contributed by atoms with Crippen molar-refractivity contribution in [3.05, 3.63) is 0 Å². The van der Waals surface area contributed by atoms with E-state index in [0.29, 0.717) is 19.6 Å². The maximum Gasteiger partial charge on any atom is 0.149 e. The Bertz CT molecular complexity index is 124. The second-order valence-electron chi connectivity index (χ2n) is 2.78. The summed E-state index contributed by atoms with van der Waals surface area (Å²) < 4.78 is 23.3. The van der Waals surface area contributed by atoms with E-state index in [-0.39, 0.29) is 12.7 Å². The first-order chi connectivity index (χ1) is 5.84. The van der Waals surface area contributed by atoms with Crippen molar-refractivity contribution in [2.24, 2.45) is 0 Å². The van der Waals surface area contributed by atoms with Gasteiger partial charge in [0.25, 0.3) is 0 Å². The second kappa shape index (κ2) is 5.78. The Balaban J connectivity index is 2.11. The first-order valence-electron chi connectivity index (χ1n) is 4.17. The van der Waals surface area contributed by atoms with E-state index in [1.54, 1.807) is 11.8 Å². The Kier molecular flexibility index (Phi) is 4.95. The Hall–Kier alpha value is 0.200. The molecule has 0 aromatic carbocycles. The number of halogens is 1. The molecule has 1 aliphatic heterocycles. The van der Waals surface area contributed by atoms with Crippen molar-refractivity contribution in [1.29, 1.82) is 0 Å². The van der Waals surface area contributed by atoms with Gasteiger partial charge in [0.15, 0.2) is 0 Å². The quantitative estimate of drug-likeness (QED) is 0.632. The molecular formula is C8H15FO2S. The van der Waals surface area contributed by atoms with Crippen LogP contribution < -0.4 is 0 Å². The van der Waals surface area contributed by atoms with Gasteiger partial charge in [-0.25, -0.2) is 4.39 Å². The highest BCUT2D eigenvalue weighted by molar-refractivity contribution is 7.98. The van der Waals surface area contributed by atoms with Crippen LogP contribution in [0.1, 0.15) is 6.42 Å². The average molecular weight is 194 g/mol. The fourth-order valence-electron chi connectivity index (χ4n) is 1.15. The van der Waals surface area contributed by atoms with E-state index in [2.05, 4.69) is 0 Å². The molecule has 1 aliphatic rings. The van der Waals surface area contributed by atoms with E-state index >= 15 is 0 Å². The van der Waals surface area contributed by atoms with Crippen LogP contribution in [0.3, 0.4) is 0 Å². The lowest BCUT2D eigenvalue weighted by atomic mass is 10.1. The van der Waals surface area contributed by atoms with Crippen LogP contribution in [-0.2, 0) is 9.47 Å². The molecule has 1 saturated heterocycles. The maximum atomic E-state index is 13.0. The van der Waals surface area contributed by atoms with Gasteiger partial charge < -0.3 is 9.47 Å². The number of alkyl halides is 1. The number of hydrogen-bond donors (Lipinski definition) is 0. The van der Waals surface area contributed by atoms with Gasteiger partial charge in [-0.05, 0) is 12.7 Å². The van der Waals surface area contributed by atoms with E-state index in [9.17, 15) is 4.39 Å². The normalized spacial score (nSPS) is 30.5. The number of hydrogen-bond acceptors (Lipinski definition) is 3. The molecule has 72 valence electrons. The Labute approximate surface area is 76.8 Å². The zero-order valence-corrected chi connectivity index (χ0v) is 8.11. The minimum absolute atomic E-state index is 0.198. The van der Waals surface area contributed by atoms with E-state index in [1.807, 2.05) is 6.26 Å². The van der Waals surface area contributed by atoms with Gasteiger partial charge in [0, 0.05) is 12.4 Å². The molecule has 0 aromatic heterocycles. The van der Waals surface area contributed by atoms with E-state index in [1.165, 1.54) is 0 Å². The predicted molar refractivity (Wildman–Crippen MR) is 48.5 cm³/mol. The summed E-state index contributed by atoms with van der Waals surface area (Å²) in [4.78, 5) is 0. The third kappa shape index (κ3) is 3.29. The summed E-state index contributed by atoms with van der Waals surface area (Å²) in [6.07, 6.45) is 1.54. The molecule has 2 nitrogen and oxygen atoms in total. The van der Waals surface area contributed by atoms with E-state index < -0.39 is 6.17 Å². The number of ether oxygens (including phenoxy) is 2. The van der Waals surface area contributed by atoms with Gasteiger partial charge in [-0.15, -0.1) is 0 Å². The van der Waals surface area contributed by atoms with Crippen LogP contribution in [-0.4, -0.2) is 44.1 Å². The number of thioether (sulfide) groups is 1. The van der Waals surface area contributed by atoms with Gasteiger partial charge in [-0.2, -0.15) is 11.8 Å². The summed E-state index contributed by atoms with van der Waals surface area (Å²) in [6.45, 7) is 1.47. The van der Waals surface area contributed by atoms with Gasteiger partial charge >= 0.3 is 0 Å². The molecule has 4 heteroatoms. The third-order valence-corrected chi connectivity index (χ3v) is 2.42. The molecule has 0 aromatic rings. The minimum Gasteiger partial charge on any atom is -0.378 e. The third-order valence-electron chi connectivity index (χ3n) is 1.85. The number of rotatable bonds is 4. The minimum atomic E-state index is -0.930. The summed E-state index contributed by atoms with van der Waals surface area (Å²) in [5.41, 5.74) is 0. The molecule has 1 rings (SSSR count). The molecule has 12 heavy (non-hydrogen) atoms. The molecule has 0 spiro atoms. The summed E-state index contributed by atoms with van der Waals surface area (Å²) >= 11 is 1.71. The van der Waals surface area contributed by atoms with Crippen LogP contribution in [0.5, 0.6) is 0 Å². The molecule has 2 unspecified atom stereocenters. The second-order valence-corrected chi connectivity index (χ2v) is 3.77. The lowest BCUT2D eigenvalue weighted by Crippen LogP contribution is -2.36. The summed E-state index contributed by atoms with van der Waals surface area (Å²) in [7, 11) is 0. The van der Waals surface area contributed by atoms with Crippen LogP contribution in [0.4, 0.5) is 4.39 Å². The zero-order valence-electron chi connectivity index (χ0n) is 7.29. The largest absolute Gasteiger partial charge is 0.378 e. The predicted octanol–water partition coefficient (Wildman–Crippen LogP) is 1.49. The molecule has 0 amide bonds.